The van der Waals surface area contributed by atoms with Crippen molar-refractivity contribution in [2.45, 2.75) is 110 Å². The number of hydrogen-bond acceptors (Lipinski definition) is 8. The second kappa shape index (κ2) is 20.4. The molecule has 0 aromatic heterocycles. The van der Waals surface area contributed by atoms with Gasteiger partial charge in [0.2, 0.25) is 23.6 Å². The van der Waals surface area contributed by atoms with Crippen LogP contribution in [0.1, 0.15) is 79.6 Å². The summed E-state index contributed by atoms with van der Waals surface area (Å²) in [7, 11) is 0. The molecule has 42 heavy (non-hydrogen) atoms. The van der Waals surface area contributed by atoms with E-state index in [4.69, 9.17) is 22.6 Å². The summed E-state index contributed by atoms with van der Waals surface area (Å²) in [4.78, 5) is 63.9. The molecule has 15 heteroatoms. The Kier molecular flexibility index (Phi) is 18.7. The summed E-state index contributed by atoms with van der Waals surface area (Å²) in [6, 6.07) is -5.10. The Morgan fingerprint density at radius 1 is 0.690 bits per heavy atom. The molecular formula is C27H53N9O6. The van der Waals surface area contributed by atoms with E-state index in [1.807, 2.05) is 27.7 Å². The van der Waals surface area contributed by atoms with Gasteiger partial charge in [-0.2, -0.15) is 0 Å². The average Bonchev–Trinajstić information content (AvgIpc) is 2.87. The summed E-state index contributed by atoms with van der Waals surface area (Å²) >= 11 is 0. The van der Waals surface area contributed by atoms with Crippen molar-refractivity contribution in [1.29, 1.82) is 5.41 Å². The summed E-state index contributed by atoms with van der Waals surface area (Å²) in [6.45, 7) is 9.55. The molecule has 5 atom stereocenters. The minimum absolute atomic E-state index is 0.0128. The third kappa shape index (κ3) is 16.7. The summed E-state index contributed by atoms with van der Waals surface area (Å²) in [5, 5.41) is 30.0. The molecular weight excluding hydrogens is 546 g/mol. The molecule has 0 unspecified atom stereocenters. The van der Waals surface area contributed by atoms with E-state index in [1.54, 1.807) is 0 Å². The minimum Gasteiger partial charge on any atom is -0.480 e. The van der Waals surface area contributed by atoms with Gasteiger partial charge >= 0.3 is 5.97 Å². The maximum atomic E-state index is 13.4. The molecule has 0 aliphatic heterocycles. The zero-order chi connectivity index (χ0) is 32.4. The van der Waals surface area contributed by atoms with Crippen LogP contribution in [-0.2, 0) is 24.0 Å². The highest BCUT2D eigenvalue weighted by atomic mass is 16.4. The molecule has 0 aromatic carbocycles. The fourth-order valence-electron chi connectivity index (χ4n) is 4.08. The van der Waals surface area contributed by atoms with Crippen molar-refractivity contribution in [3.63, 3.8) is 0 Å². The molecule has 0 fully saturated rings. The molecule has 0 aliphatic rings. The predicted molar refractivity (Wildman–Crippen MR) is 160 cm³/mol. The molecule has 13 N–H and O–H groups in total. The van der Waals surface area contributed by atoms with Gasteiger partial charge in [0, 0.05) is 6.54 Å². The van der Waals surface area contributed by atoms with Crippen LogP contribution in [0.25, 0.3) is 0 Å². The molecule has 0 radical (unpaired) electrons. The Bertz CT molecular complexity index is 897. The van der Waals surface area contributed by atoms with Crippen molar-refractivity contribution in [2.75, 3.05) is 13.1 Å². The van der Waals surface area contributed by atoms with Gasteiger partial charge in [0.1, 0.15) is 24.2 Å². The number of carbonyl (C=O) groups is 5. The van der Waals surface area contributed by atoms with Gasteiger partial charge in [0.05, 0.1) is 6.04 Å². The number of hydrogen-bond donors (Lipinski definition) is 10. The van der Waals surface area contributed by atoms with Crippen LogP contribution in [0, 0.1) is 17.2 Å². The van der Waals surface area contributed by atoms with Gasteiger partial charge < -0.3 is 48.9 Å². The smallest absolute Gasteiger partial charge is 0.326 e. The average molecular weight is 600 g/mol. The Balaban J connectivity index is 5.85. The lowest BCUT2D eigenvalue weighted by molar-refractivity contribution is -0.143. The first-order valence-electron chi connectivity index (χ1n) is 14.6. The lowest BCUT2D eigenvalue weighted by atomic mass is 9.99. The van der Waals surface area contributed by atoms with Gasteiger partial charge in [0.25, 0.3) is 0 Å². The van der Waals surface area contributed by atoms with E-state index < -0.39 is 59.8 Å². The van der Waals surface area contributed by atoms with E-state index in [9.17, 15) is 29.1 Å². The van der Waals surface area contributed by atoms with Crippen molar-refractivity contribution < 1.29 is 29.1 Å². The fraction of sp³-hybridized carbons (Fsp3) is 0.778. The second-order valence-electron chi connectivity index (χ2n) is 11.4. The van der Waals surface area contributed by atoms with Gasteiger partial charge in [-0.15, -0.1) is 0 Å². The number of rotatable bonds is 21. The number of amides is 4. The van der Waals surface area contributed by atoms with Crippen LogP contribution >= 0.6 is 0 Å². The SMILES string of the molecule is CC(C)C[C@H](NC(=O)[C@H](CC(C)C)NC(=O)[C@H](CCCCN)NC(=O)[C@H](CCCNC(=N)N)NC(=O)[C@H](C)N)C(=O)O. The quantitative estimate of drug-likeness (QED) is 0.0429. The first kappa shape index (κ1) is 38.5. The highest BCUT2D eigenvalue weighted by molar-refractivity contribution is 5.95. The second-order valence-corrected chi connectivity index (χ2v) is 11.4. The lowest BCUT2D eigenvalue weighted by Gasteiger charge is -2.27. The molecule has 0 rings (SSSR count). The maximum Gasteiger partial charge on any atom is 0.326 e. The van der Waals surface area contributed by atoms with E-state index >= 15 is 0 Å². The summed E-state index contributed by atoms with van der Waals surface area (Å²) in [5.74, 6) is -3.82. The monoisotopic (exact) mass is 599 g/mol. The number of carbonyl (C=O) groups excluding carboxylic acids is 4. The number of unbranched alkanes of at least 4 members (excludes halogenated alkanes) is 1. The van der Waals surface area contributed by atoms with Crippen LogP contribution in [0.4, 0.5) is 0 Å². The highest BCUT2D eigenvalue weighted by Crippen LogP contribution is 2.11. The van der Waals surface area contributed by atoms with Gasteiger partial charge in [-0.25, -0.2) is 4.79 Å². The Morgan fingerprint density at radius 3 is 1.57 bits per heavy atom. The van der Waals surface area contributed by atoms with Crippen molar-refractivity contribution in [3.8, 4) is 0 Å². The van der Waals surface area contributed by atoms with Crippen molar-refractivity contribution in [2.24, 2.45) is 29.0 Å². The van der Waals surface area contributed by atoms with Crippen LogP contribution in [0.2, 0.25) is 0 Å². The first-order valence-corrected chi connectivity index (χ1v) is 14.6. The summed E-state index contributed by atoms with van der Waals surface area (Å²) in [6.07, 6.45) is 2.32. The molecule has 0 aromatic rings. The van der Waals surface area contributed by atoms with E-state index in [2.05, 4.69) is 26.6 Å². The molecule has 4 amide bonds. The fourth-order valence-corrected chi connectivity index (χ4v) is 4.08. The number of guanidine groups is 1. The largest absolute Gasteiger partial charge is 0.480 e. The van der Waals surface area contributed by atoms with Gasteiger partial charge in [0.15, 0.2) is 5.96 Å². The number of carboxylic acid groups (broad SMARTS) is 1. The normalized spacial score (nSPS) is 14.7. The Labute approximate surface area is 248 Å². The molecule has 0 spiro atoms. The Morgan fingerprint density at radius 2 is 1.12 bits per heavy atom. The highest BCUT2D eigenvalue weighted by Gasteiger charge is 2.31. The zero-order valence-corrected chi connectivity index (χ0v) is 25.6. The Hall–Kier alpha value is -3.46. The summed E-state index contributed by atoms with van der Waals surface area (Å²) in [5.41, 5.74) is 16.6. The van der Waals surface area contributed by atoms with Gasteiger partial charge in [-0.05, 0) is 70.3 Å². The minimum atomic E-state index is -1.17. The lowest BCUT2D eigenvalue weighted by Crippen LogP contribution is -2.58. The molecule has 0 aliphatic carbocycles. The number of aliphatic carboxylic acids is 1. The topological polar surface area (TPSA) is 268 Å². The third-order valence-corrected chi connectivity index (χ3v) is 6.27. The predicted octanol–water partition coefficient (Wildman–Crippen LogP) is -1.16. The van der Waals surface area contributed by atoms with E-state index in [-0.39, 0.29) is 50.0 Å². The van der Waals surface area contributed by atoms with E-state index in [1.165, 1.54) is 6.92 Å². The van der Waals surface area contributed by atoms with Gasteiger partial charge in [-0.1, -0.05) is 27.7 Å². The van der Waals surface area contributed by atoms with Gasteiger partial charge in [-0.3, -0.25) is 24.6 Å². The van der Waals surface area contributed by atoms with Crippen molar-refractivity contribution in [1.82, 2.24) is 26.6 Å². The van der Waals surface area contributed by atoms with Crippen LogP contribution in [0.3, 0.4) is 0 Å². The zero-order valence-electron chi connectivity index (χ0n) is 25.6. The molecule has 0 saturated carbocycles. The van der Waals surface area contributed by atoms with Crippen molar-refractivity contribution >= 4 is 35.6 Å². The number of nitrogens with two attached hydrogens (primary N) is 3. The van der Waals surface area contributed by atoms with Crippen LogP contribution in [-0.4, -0.2) is 84.0 Å². The molecule has 15 nitrogen and oxygen atoms in total. The van der Waals surface area contributed by atoms with Crippen LogP contribution < -0.4 is 43.8 Å². The van der Waals surface area contributed by atoms with Crippen molar-refractivity contribution in [3.05, 3.63) is 0 Å². The number of carboxylic acids is 1. The van der Waals surface area contributed by atoms with E-state index in [0.29, 0.717) is 25.8 Å². The molecule has 0 bridgehead atoms. The first-order chi connectivity index (χ1) is 19.6. The molecule has 0 heterocycles. The van der Waals surface area contributed by atoms with Crippen LogP contribution in [0.15, 0.2) is 0 Å². The molecule has 242 valence electrons. The standard InChI is InChI=1S/C27H53N9O6/c1-15(2)13-20(25(40)36-21(26(41)42)14-16(3)4)35-24(39)18(9-6-7-11-28)34-23(38)19(33-22(37)17(5)29)10-8-12-32-27(30)31/h15-21H,6-14,28-29H2,1-5H3,(H,33,37)(H,34,38)(H,35,39)(H,36,40)(H,41,42)(H4,30,31,32)/t17-,18-,19-,20-,21-/m0/s1. The molecule has 0 saturated heterocycles. The maximum absolute atomic E-state index is 13.4. The van der Waals surface area contributed by atoms with E-state index in [0.717, 1.165) is 0 Å². The number of nitrogens with one attached hydrogen (secondary N) is 6. The van der Waals surface area contributed by atoms with Crippen LogP contribution in [0.5, 0.6) is 0 Å². The third-order valence-electron chi connectivity index (χ3n) is 6.27. The summed E-state index contributed by atoms with van der Waals surface area (Å²) < 4.78 is 0.